The summed E-state index contributed by atoms with van der Waals surface area (Å²) in [6.45, 7) is 1.91. The molecule has 90 valence electrons. The van der Waals surface area contributed by atoms with Crippen LogP contribution >= 0.6 is 0 Å². The van der Waals surface area contributed by atoms with E-state index in [0.717, 1.165) is 17.1 Å². The number of hydrogen-bond acceptors (Lipinski definition) is 3. The first kappa shape index (κ1) is 12.0. The van der Waals surface area contributed by atoms with Gasteiger partial charge in [0, 0.05) is 0 Å². The third kappa shape index (κ3) is 3.56. The first-order valence-electron chi connectivity index (χ1n) is 5.73. The molecule has 2 aromatic rings. The lowest BCUT2D eigenvalue weighted by Crippen LogP contribution is -1.79. The Labute approximate surface area is 106 Å². The fourth-order valence-electron chi connectivity index (χ4n) is 1.35. The molecule has 0 saturated carbocycles. The molecule has 0 unspecified atom stereocenters. The third-order valence-electron chi connectivity index (χ3n) is 2.21. The summed E-state index contributed by atoms with van der Waals surface area (Å²) in [6.07, 6.45) is 3.48. The Morgan fingerprint density at radius 1 is 0.833 bits per heavy atom. The van der Waals surface area contributed by atoms with Gasteiger partial charge in [0.15, 0.2) is 0 Å². The summed E-state index contributed by atoms with van der Waals surface area (Å²) < 4.78 is 5.32. The van der Waals surface area contributed by atoms with Crippen molar-refractivity contribution < 1.29 is 4.74 Å². The van der Waals surface area contributed by atoms with E-state index in [4.69, 9.17) is 4.74 Å². The lowest BCUT2D eigenvalue weighted by atomic mass is 10.3. The number of ether oxygens (including phenoxy) is 1. The van der Waals surface area contributed by atoms with Crippen LogP contribution in [0, 0.1) is 0 Å². The van der Waals surface area contributed by atoms with Crippen LogP contribution in [-0.2, 0) is 0 Å². The lowest BCUT2D eigenvalue weighted by molar-refractivity contribution is 0.480. The second-order valence-electron chi connectivity index (χ2n) is 3.62. The van der Waals surface area contributed by atoms with Gasteiger partial charge in [0.2, 0.25) is 0 Å². The zero-order valence-corrected chi connectivity index (χ0v) is 10.2. The SMILES string of the molecule is CC=COc1ccc(/N=N/c2ccccc2)cc1. The highest BCUT2D eigenvalue weighted by Crippen LogP contribution is 2.21. The quantitative estimate of drug-likeness (QED) is 0.544. The highest BCUT2D eigenvalue weighted by molar-refractivity contribution is 5.42. The van der Waals surface area contributed by atoms with Gasteiger partial charge in [-0.2, -0.15) is 10.2 Å². The molecule has 0 amide bonds. The topological polar surface area (TPSA) is 34.0 Å². The molecule has 0 bridgehead atoms. The van der Waals surface area contributed by atoms with Crippen molar-refractivity contribution in [2.24, 2.45) is 10.2 Å². The maximum Gasteiger partial charge on any atom is 0.126 e. The second-order valence-corrected chi connectivity index (χ2v) is 3.62. The number of azo groups is 1. The van der Waals surface area contributed by atoms with Gasteiger partial charge in [-0.25, -0.2) is 0 Å². The summed E-state index contributed by atoms with van der Waals surface area (Å²) in [7, 11) is 0. The molecule has 0 spiro atoms. The molecule has 2 aromatic carbocycles. The zero-order chi connectivity index (χ0) is 12.6. The normalized spacial score (nSPS) is 11.2. The molecule has 3 nitrogen and oxygen atoms in total. The molecule has 2 rings (SSSR count). The lowest BCUT2D eigenvalue weighted by Gasteiger charge is -1.99. The number of allylic oxidation sites excluding steroid dienone is 1. The molecule has 0 heterocycles. The Kier molecular flexibility index (Phi) is 4.25. The Bertz CT molecular complexity index is 530. The van der Waals surface area contributed by atoms with Crippen molar-refractivity contribution in [1.82, 2.24) is 0 Å². The van der Waals surface area contributed by atoms with Crippen LogP contribution in [0.5, 0.6) is 5.75 Å². The molecule has 0 atom stereocenters. The van der Waals surface area contributed by atoms with Crippen LogP contribution in [0.4, 0.5) is 11.4 Å². The number of rotatable bonds is 4. The Hall–Kier alpha value is -2.42. The zero-order valence-electron chi connectivity index (χ0n) is 10.2. The van der Waals surface area contributed by atoms with E-state index < -0.39 is 0 Å². The van der Waals surface area contributed by atoms with E-state index in [-0.39, 0.29) is 0 Å². The first-order valence-corrected chi connectivity index (χ1v) is 5.73. The molecule has 3 heteroatoms. The molecule has 0 aliphatic carbocycles. The minimum Gasteiger partial charge on any atom is -0.465 e. The van der Waals surface area contributed by atoms with Crippen LogP contribution in [-0.4, -0.2) is 0 Å². The number of nitrogens with zero attached hydrogens (tertiary/aromatic N) is 2. The van der Waals surface area contributed by atoms with Crippen LogP contribution in [0.25, 0.3) is 0 Å². The van der Waals surface area contributed by atoms with Gasteiger partial charge in [0.05, 0.1) is 17.6 Å². The van der Waals surface area contributed by atoms with Crippen molar-refractivity contribution in [3.05, 3.63) is 66.9 Å². The van der Waals surface area contributed by atoms with Crippen LogP contribution in [0.2, 0.25) is 0 Å². The average molecular weight is 238 g/mol. The maximum atomic E-state index is 5.32. The van der Waals surface area contributed by atoms with E-state index in [1.54, 1.807) is 6.26 Å². The number of benzene rings is 2. The van der Waals surface area contributed by atoms with Crippen LogP contribution < -0.4 is 4.74 Å². The van der Waals surface area contributed by atoms with Crippen LogP contribution in [0.3, 0.4) is 0 Å². The standard InChI is InChI=1S/C15H14N2O/c1-2-12-18-15-10-8-14(9-11-15)17-16-13-6-4-3-5-7-13/h2-12H,1H3/b12-2?,17-16+. The van der Waals surface area contributed by atoms with E-state index in [1.807, 2.05) is 67.6 Å². The van der Waals surface area contributed by atoms with Crippen molar-refractivity contribution in [1.29, 1.82) is 0 Å². The summed E-state index contributed by atoms with van der Waals surface area (Å²) >= 11 is 0. The van der Waals surface area contributed by atoms with Gasteiger partial charge in [-0.3, -0.25) is 0 Å². The first-order chi connectivity index (χ1) is 8.88. The van der Waals surface area contributed by atoms with Gasteiger partial charge in [-0.1, -0.05) is 24.3 Å². The largest absolute Gasteiger partial charge is 0.465 e. The molecule has 0 aliphatic rings. The van der Waals surface area contributed by atoms with Crippen molar-refractivity contribution in [3.8, 4) is 5.75 Å². The minimum absolute atomic E-state index is 0.784. The van der Waals surface area contributed by atoms with E-state index in [1.165, 1.54) is 0 Å². The molecule has 0 saturated heterocycles. The second kappa shape index (κ2) is 6.35. The van der Waals surface area contributed by atoms with Gasteiger partial charge in [0.1, 0.15) is 5.75 Å². The average Bonchev–Trinajstić information content (AvgIpc) is 2.45. The summed E-state index contributed by atoms with van der Waals surface area (Å²) in [6, 6.07) is 17.1. The van der Waals surface area contributed by atoms with Crippen LogP contribution in [0.1, 0.15) is 6.92 Å². The molecule has 0 fully saturated rings. The van der Waals surface area contributed by atoms with Gasteiger partial charge >= 0.3 is 0 Å². The minimum atomic E-state index is 0.784. The Balaban J connectivity index is 2.04. The molecule has 0 aromatic heterocycles. The van der Waals surface area contributed by atoms with E-state index in [0.29, 0.717) is 0 Å². The van der Waals surface area contributed by atoms with Gasteiger partial charge in [-0.05, 0) is 43.3 Å². The Morgan fingerprint density at radius 3 is 2.06 bits per heavy atom. The maximum absolute atomic E-state index is 5.32. The third-order valence-corrected chi connectivity index (χ3v) is 2.21. The summed E-state index contributed by atoms with van der Waals surface area (Å²) in [5, 5.41) is 8.29. The van der Waals surface area contributed by atoms with E-state index >= 15 is 0 Å². The summed E-state index contributed by atoms with van der Waals surface area (Å²) in [5.41, 5.74) is 1.64. The predicted octanol–water partition coefficient (Wildman–Crippen LogP) is 5.01. The van der Waals surface area contributed by atoms with E-state index in [2.05, 4.69) is 10.2 Å². The monoisotopic (exact) mass is 238 g/mol. The Morgan fingerprint density at radius 2 is 1.44 bits per heavy atom. The van der Waals surface area contributed by atoms with Crippen molar-refractivity contribution in [2.75, 3.05) is 0 Å². The number of hydrogen-bond donors (Lipinski definition) is 0. The highest BCUT2D eigenvalue weighted by atomic mass is 16.5. The van der Waals surface area contributed by atoms with Crippen molar-refractivity contribution >= 4 is 11.4 Å². The van der Waals surface area contributed by atoms with Crippen LogP contribution in [0.15, 0.2) is 77.2 Å². The smallest absolute Gasteiger partial charge is 0.126 e. The molecule has 0 aliphatic heterocycles. The fourth-order valence-corrected chi connectivity index (χ4v) is 1.35. The van der Waals surface area contributed by atoms with Gasteiger partial charge in [-0.15, -0.1) is 0 Å². The van der Waals surface area contributed by atoms with Gasteiger partial charge in [0.25, 0.3) is 0 Å². The van der Waals surface area contributed by atoms with E-state index in [9.17, 15) is 0 Å². The fraction of sp³-hybridized carbons (Fsp3) is 0.0667. The highest BCUT2D eigenvalue weighted by Gasteiger charge is 1.92. The molecule has 18 heavy (non-hydrogen) atoms. The molecular formula is C15H14N2O. The molecule has 0 radical (unpaired) electrons. The molecular weight excluding hydrogens is 224 g/mol. The predicted molar refractivity (Wildman–Crippen MR) is 72.5 cm³/mol. The van der Waals surface area contributed by atoms with Crippen molar-refractivity contribution in [2.45, 2.75) is 6.92 Å². The van der Waals surface area contributed by atoms with Gasteiger partial charge < -0.3 is 4.74 Å². The van der Waals surface area contributed by atoms with Crippen molar-refractivity contribution in [3.63, 3.8) is 0 Å². The summed E-state index contributed by atoms with van der Waals surface area (Å²) in [5.74, 6) is 0.784. The summed E-state index contributed by atoms with van der Waals surface area (Å²) in [4.78, 5) is 0. The molecule has 0 N–H and O–H groups in total.